The van der Waals surface area contributed by atoms with Crippen LogP contribution >= 0.6 is 23.1 Å². The van der Waals surface area contributed by atoms with Gasteiger partial charge in [0.1, 0.15) is 0 Å². The zero-order valence-corrected chi connectivity index (χ0v) is 15.9. The first-order valence-corrected chi connectivity index (χ1v) is 9.66. The molecule has 0 saturated heterocycles. The molecule has 0 aromatic carbocycles. The molecule has 1 aliphatic heterocycles. The molecule has 10 heteroatoms. The van der Waals surface area contributed by atoms with Crippen molar-refractivity contribution in [1.29, 1.82) is 0 Å². The maximum atomic E-state index is 12.9. The highest BCUT2D eigenvalue weighted by Crippen LogP contribution is 2.34. The van der Waals surface area contributed by atoms with Crippen molar-refractivity contribution in [2.24, 2.45) is 16.3 Å². The molecule has 1 aliphatic rings. The standard InChI is InChI=1S/C15H19F3N4OS2/c1-14(2,8-24-4)12(23)22(3)13-21-20-11(25-13)9-5-10(7-19-6-9)15(16,17)18/h5-6,10H,7-8H2,1-4H3. The van der Waals surface area contributed by atoms with Gasteiger partial charge in [0.2, 0.25) is 11.0 Å². The molecule has 5 nitrogen and oxygen atoms in total. The molecule has 0 spiro atoms. The van der Waals surface area contributed by atoms with Crippen LogP contribution in [-0.4, -0.2) is 54.1 Å². The highest BCUT2D eigenvalue weighted by atomic mass is 32.2. The molecule has 0 saturated carbocycles. The van der Waals surface area contributed by atoms with E-state index in [0.29, 0.717) is 15.9 Å². The molecule has 0 N–H and O–H groups in total. The zero-order chi connectivity index (χ0) is 18.8. The Bertz CT molecular complexity index is 697. The molecule has 0 aliphatic carbocycles. The lowest BCUT2D eigenvalue weighted by atomic mass is 9.95. The fraction of sp³-hybridized carbons (Fsp3) is 0.600. The zero-order valence-electron chi connectivity index (χ0n) is 14.3. The van der Waals surface area contributed by atoms with E-state index in [0.717, 1.165) is 17.4 Å². The average molecular weight is 392 g/mol. The van der Waals surface area contributed by atoms with Gasteiger partial charge in [0.05, 0.1) is 17.9 Å². The second-order valence-corrected chi connectivity index (χ2v) is 8.16. The number of amides is 1. The number of anilines is 1. The van der Waals surface area contributed by atoms with E-state index in [1.807, 2.05) is 20.1 Å². The van der Waals surface area contributed by atoms with E-state index in [-0.39, 0.29) is 18.0 Å². The number of hydrogen-bond donors (Lipinski definition) is 0. The Morgan fingerprint density at radius 3 is 2.68 bits per heavy atom. The Hall–Kier alpha value is -1.42. The summed E-state index contributed by atoms with van der Waals surface area (Å²) in [6.45, 7) is 3.36. The number of allylic oxidation sites excluding steroid dienone is 1. The van der Waals surface area contributed by atoms with Gasteiger partial charge in [0, 0.05) is 24.6 Å². The van der Waals surface area contributed by atoms with Gasteiger partial charge < -0.3 is 0 Å². The molecule has 2 rings (SSSR count). The topological polar surface area (TPSA) is 58.5 Å². The fourth-order valence-electron chi connectivity index (χ4n) is 2.33. The van der Waals surface area contributed by atoms with Gasteiger partial charge in [0.15, 0.2) is 5.01 Å². The number of nitrogens with zero attached hydrogens (tertiary/aromatic N) is 4. The summed E-state index contributed by atoms with van der Waals surface area (Å²) in [5.41, 5.74) is -0.297. The first-order valence-electron chi connectivity index (χ1n) is 7.45. The van der Waals surface area contributed by atoms with Crippen LogP contribution in [0.3, 0.4) is 0 Å². The monoisotopic (exact) mass is 392 g/mol. The van der Waals surface area contributed by atoms with E-state index in [9.17, 15) is 18.0 Å². The molecule has 0 radical (unpaired) electrons. The molecule has 1 aromatic heterocycles. The number of carbonyl (C=O) groups excluding carboxylic acids is 1. The molecule has 1 aromatic rings. The van der Waals surface area contributed by atoms with Crippen molar-refractivity contribution in [3.63, 3.8) is 0 Å². The van der Waals surface area contributed by atoms with Crippen molar-refractivity contribution >= 4 is 45.9 Å². The number of dihydropyridines is 1. The normalized spacial score (nSPS) is 18.2. The summed E-state index contributed by atoms with van der Waals surface area (Å²) in [7, 11) is 1.59. The quantitative estimate of drug-likeness (QED) is 0.769. The Morgan fingerprint density at radius 1 is 1.40 bits per heavy atom. The van der Waals surface area contributed by atoms with Crippen molar-refractivity contribution in [3.8, 4) is 0 Å². The number of thioether (sulfide) groups is 1. The number of hydrogen-bond acceptors (Lipinski definition) is 6. The number of rotatable bonds is 5. The predicted octanol–water partition coefficient (Wildman–Crippen LogP) is 3.54. The summed E-state index contributed by atoms with van der Waals surface area (Å²) in [4.78, 5) is 17.8. The Labute approximate surface area is 152 Å². The smallest absolute Gasteiger partial charge is 0.291 e. The van der Waals surface area contributed by atoms with Crippen LogP contribution in [0.15, 0.2) is 11.1 Å². The van der Waals surface area contributed by atoms with E-state index < -0.39 is 17.5 Å². The molecule has 1 atom stereocenters. The van der Waals surface area contributed by atoms with Crippen LogP contribution in [0.4, 0.5) is 18.3 Å². The van der Waals surface area contributed by atoms with Gasteiger partial charge in [-0.2, -0.15) is 24.9 Å². The van der Waals surface area contributed by atoms with Crippen molar-refractivity contribution in [2.45, 2.75) is 20.0 Å². The maximum Gasteiger partial charge on any atom is 0.396 e. The molecule has 25 heavy (non-hydrogen) atoms. The number of aromatic nitrogens is 2. The molecule has 0 fully saturated rings. The highest BCUT2D eigenvalue weighted by molar-refractivity contribution is 7.98. The van der Waals surface area contributed by atoms with Gasteiger partial charge >= 0.3 is 6.18 Å². The van der Waals surface area contributed by atoms with E-state index in [4.69, 9.17) is 0 Å². The van der Waals surface area contributed by atoms with Gasteiger partial charge in [-0.25, -0.2) is 0 Å². The molecule has 1 unspecified atom stereocenters. The number of aliphatic imine (C=N–C) groups is 1. The molecule has 0 bridgehead atoms. The average Bonchev–Trinajstić information content (AvgIpc) is 3.02. The summed E-state index contributed by atoms with van der Waals surface area (Å²) in [6.07, 6.45) is 0.0535. The van der Waals surface area contributed by atoms with Crippen LogP contribution < -0.4 is 4.90 Å². The third kappa shape index (κ3) is 4.60. The third-order valence-corrected chi connectivity index (χ3v) is 5.73. The summed E-state index contributed by atoms with van der Waals surface area (Å²) in [5.74, 6) is -1.10. The van der Waals surface area contributed by atoms with Crippen LogP contribution in [-0.2, 0) is 4.79 Å². The highest BCUT2D eigenvalue weighted by Gasteiger charge is 2.39. The lowest BCUT2D eigenvalue weighted by Crippen LogP contribution is -2.40. The minimum Gasteiger partial charge on any atom is -0.291 e. The van der Waals surface area contributed by atoms with Crippen LogP contribution in [0.5, 0.6) is 0 Å². The van der Waals surface area contributed by atoms with Crippen LogP contribution in [0.25, 0.3) is 5.57 Å². The Kier molecular flexibility index (Phi) is 5.93. The van der Waals surface area contributed by atoms with Crippen molar-refractivity contribution in [1.82, 2.24) is 10.2 Å². The summed E-state index contributed by atoms with van der Waals surface area (Å²) in [5, 5.41) is 8.55. The number of halogens is 3. The third-order valence-electron chi connectivity index (χ3n) is 3.67. The van der Waals surface area contributed by atoms with E-state index >= 15 is 0 Å². The lowest BCUT2D eigenvalue weighted by Gasteiger charge is -2.26. The second kappa shape index (κ2) is 7.45. The largest absolute Gasteiger partial charge is 0.396 e. The molecule has 1 amide bonds. The van der Waals surface area contributed by atoms with Gasteiger partial charge in [-0.3, -0.25) is 14.7 Å². The summed E-state index contributed by atoms with van der Waals surface area (Å²) in [6, 6.07) is 0. The minimum absolute atomic E-state index is 0.121. The van der Waals surface area contributed by atoms with E-state index in [1.165, 1.54) is 11.1 Å². The molecule has 2 heterocycles. The number of alkyl halides is 3. The molecular formula is C15H19F3N4OS2. The van der Waals surface area contributed by atoms with Gasteiger partial charge in [-0.1, -0.05) is 31.3 Å². The second-order valence-electron chi connectivity index (χ2n) is 6.34. The number of carbonyl (C=O) groups is 1. The minimum atomic E-state index is -4.34. The van der Waals surface area contributed by atoms with Crippen LogP contribution in [0.1, 0.15) is 18.9 Å². The Balaban J connectivity index is 2.21. The lowest BCUT2D eigenvalue weighted by molar-refractivity contribution is -0.158. The molecular weight excluding hydrogens is 373 g/mol. The van der Waals surface area contributed by atoms with Crippen LogP contribution in [0, 0.1) is 11.3 Å². The SMILES string of the molecule is CSCC(C)(C)C(=O)N(C)c1nnc(C2=CC(C(F)(F)F)CN=C2)s1. The fourth-order valence-corrected chi connectivity index (χ4v) is 3.97. The Morgan fingerprint density at radius 2 is 2.08 bits per heavy atom. The van der Waals surface area contributed by atoms with E-state index in [1.54, 1.807) is 18.8 Å². The van der Waals surface area contributed by atoms with E-state index in [2.05, 4.69) is 15.2 Å². The van der Waals surface area contributed by atoms with Crippen molar-refractivity contribution in [3.05, 3.63) is 11.1 Å². The summed E-state index contributed by atoms with van der Waals surface area (Å²) < 4.78 is 38.6. The van der Waals surface area contributed by atoms with Crippen molar-refractivity contribution in [2.75, 3.05) is 30.5 Å². The first-order chi connectivity index (χ1) is 11.6. The van der Waals surface area contributed by atoms with Gasteiger partial charge in [0.25, 0.3) is 0 Å². The first kappa shape index (κ1) is 19.9. The maximum absolute atomic E-state index is 12.9. The van der Waals surface area contributed by atoms with Crippen LogP contribution in [0.2, 0.25) is 0 Å². The molecule has 138 valence electrons. The van der Waals surface area contributed by atoms with Gasteiger partial charge in [-0.15, -0.1) is 10.2 Å². The predicted molar refractivity (Wildman–Crippen MR) is 96.4 cm³/mol. The summed E-state index contributed by atoms with van der Waals surface area (Å²) >= 11 is 2.64. The van der Waals surface area contributed by atoms with Gasteiger partial charge in [-0.05, 0) is 6.26 Å². The van der Waals surface area contributed by atoms with Crippen molar-refractivity contribution < 1.29 is 18.0 Å².